The molecule has 0 bridgehead atoms. The van der Waals surface area contributed by atoms with Crippen LogP contribution >= 0.6 is 0 Å². The van der Waals surface area contributed by atoms with Gasteiger partial charge in [0.1, 0.15) is 0 Å². The van der Waals surface area contributed by atoms with Crippen LogP contribution in [0.3, 0.4) is 0 Å². The Hall–Kier alpha value is 0.213. The normalized spacial score (nSPS) is 13.1. The van der Waals surface area contributed by atoms with Crippen LogP contribution in [-0.4, -0.2) is 40.3 Å². The molecular weight excluding hydrogens is 298 g/mol. The molecule has 3 nitrogen and oxygen atoms in total. The third-order valence-electron chi connectivity index (χ3n) is 2.04. The summed E-state index contributed by atoms with van der Waals surface area (Å²) >= 11 is -3.44. The second-order valence-corrected chi connectivity index (χ2v) is 9.18. The first kappa shape index (κ1) is 17.2. The molecule has 0 spiro atoms. The second kappa shape index (κ2) is 8.34. The molecule has 0 aromatic rings. The van der Waals surface area contributed by atoms with Gasteiger partial charge in [0.25, 0.3) is 0 Å². The zero-order valence-corrected chi connectivity index (χ0v) is 12.7. The van der Waals surface area contributed by atoms with Gasteiger partial charge in [-0.25, -0.2) is 0 Å². The fraction of sp³-hybridized carbons (Fsp3) is 1.00. The summed E-state index contributed by atoms with van der Waals surface area (Å²) in [7, 11) is 0. The molecule has 0 aliphatic heterocycles. The molecule has 0 saturated heterocycles. The molecule has 0 aliphatic rings. The molecule has 0 fully saturated rings. The van der Waals surface area contributed by atoms with E-state index in [4.69, 9.17) is 11.3 Å². The molecule has 0 saturated carbocycles. The van der Waals surface area contributed by atoms with E-state index in [1.165, 1.54) is 0 Å². The monoisotopic (exact) mass is 320 g/mol. The van der Waals surface area contributed by atoms with Gasteiger partial charge in [0.15, 0.2) is 0 Å². The Morgan fingerprint density at radius 2 is 1.29 bits per heavy atom. The Labute approximate surface area is 104 Å². The number of alkyl halides is 3. The van der Waals surface area contributed by atoms with Gasteiger partial charge < -0.3 is 0 Å². The fourth-order valence-corrected chi connectivity index (χ4v) is 6.99. The Morgan fingerprint density at radius 1 is 0.882 bits per heavy atom. The van der Waals surface area contributed by atoms with Crippen LogP contribution < -0.4 is 0 Å². The first-order chi connectivity index (χ1) is 7.89. The van der Waals surface area contributed by atoms with Gasteiger partial charge >= 0.3 is 104 Å². The van der Waals surface area contributed by atoms with Gasteiger partial charge in [-0.15, -0.1) is 0 Å². The van der Waals surface area contributed by atoms with Crippen LogP contribution in [0, 0.1) is 0 Å². The predicted molar refractivity (Wildman–Crippen MR) is 60.7 cm³/mol. The standard InChI is InChI=1S/C10H21F3GeO3/c1-4-15-14(16-5-2,17-6-3)9-7-8-10(11,12)13/h4-9H2,1-3H3. The van der Waals surface area contributed by atoms with Gasteiger partial charge in [0, 0.05) is 0 Å². The summed E-state index contributed by atoms with van der Waals surface area (Å²) in [5.74, 6) is 0. The molecule has 0 aliphatic carbocycles. The molecule has 0 atom stereocenters. The zero-order valence-electron chi connectivity index (χ0n) is 10.6. The number of halogens is 3. The number of rotatable bonds is 9. The van der Waals surface area contributed by atoms with E-state index in [0.29, 0.717) is 19.8 Å². The average Bonchev–Trinajstić information content (AvgIpc) is 2.16. The summed E-state index contributed by atoms with van der Waals surface area (Å²) < 4.78 is 52.8. The minimum atomic E-state index is -4.13. The van der Waals surface area contributed by atoms with Crippen LogP contribution in [0.15, 0.2) is 0 Å². The van der Waals surface area contributed by atoms with Crippen molar-refractivity contribution in [1.82, 2.24) is 0 Å². The molecule has 7 heteroatoms. The predicted octanol–water partition coefficient (Wildman–Crippen LogP) is 3.38. The SMILES string of the molecule is CC[O][Ge]([CH2]CCC(F)(F)F)([O]CC)[O]CC. The quantitative estimate of drug-likeness (QED) is 0.610. The van der Waals surface area contributed by atoms with Crippen molar-refractivity contribution in [3.8, 4) is 0 Å². The first-order valence-corrected chi connectivity index (χ1v) is 9.93. The Kier molecular flexibility index (Phi) is 8.44. The van der Waals surface area contributed by atoms with Gasteiger partial charge in [-0.1, -0.05) is 0 Å². The first-order valence-electron chi connectivity index (χ1n) is 5.87. The van der Waals surface area contributed by atoms with Gasteiger partial charge in [-0.05, 0) is 0 Å². The Bertz CT molecular complexity index is 183. The van der Waals surface area contributed by atoms with Crippen LogP contribution in [0.4, 0.5) is 13.2 Å². The topological polar surface area (TPSA) is 27.7 Å². The van der Waals surface area contributed by atoms with Crippen LogP contribution in [0.1, 0.15) is 33.6 Å². The van der Waals surface area contributed by atoms with Crippen molar-refractivity contribution in [3.05, 3.63) is 0 Å². The van der Waals surface area contributed by atoms with E-state index >= 15 is 0 Å². The third kappa shape index (κ3) is 8.02. The maximum absolute atomic E-state index is 12.1. The third-order valence-corrected chi connectivity index (χ3v) is 8.65. The van der Waals surface area contributed by atoms with E-state index in [9.17, 15) is 13.2 Å². The van der Waals surface area contributed by atoms with Gasteiger partial charge in [0.2, 0.25) is 0 Å². The van der Waals surface area contributed by atoms with Crippen LogP contribution in [0.2, 0.25) is 5.25 Å². The van der Waals surface area contributed by atoms with E-state index in [2.05, 4.69) is 0 Å². The van der Waals surface area contributed by atoms with E-state index in [-0.39, 0.29) is 11.7 Å². The number of hydrogen-bond donors (Lipinski definition) is 0. The van der Waals surface area contributed by atoms with Crippen LogP contribution in [0.25, 0.3) is 0 Å². The minimum absolute atomic E-state index is 0.00347. The summed E-state index contributed by atoms with van der Waals surface area (Å²) in [5.41, 5.74) is 0. The van der Waals surface area contributed by atoms with E-state index in [1.54, 1.807) is 20.8 Å². The van der Waals surface area contributed by atoms with Crippen LogP contribution in [0.5, 0.6) is 0 Å². The molecule has 0 N–H and O–H groups in total. The van der Waals surface area contributed by atoms with Gasteiger partial charge in [0.05, 0.1) is 0 Å². The van der Waals surface area contributed by atoms with Gasteiger partial charge in [-0.3, -0.25) is 0 Å². The van der Waals surface area contributed by atoms with E-state index < -0.39 is 26.9 Å². The van der Waals surface area contributed by atoms with Crippen molar-refractivity contribution in [2.45, 2.75) is 45.0 Å². The Morgan fingerprint density at radius 3 is 1.59 bits per heavy atom. The zero-order chi connectivity index (χ0) is 13.4. The van der Waals surface area contributed by atoms with Crippen LogP contribution in [-0.2, 0) is 11.3 Å². The summed E-state index contributed by atoms with van der Waals surface area (Å²) in [5, 5.41) is 0.259. The maximum atomic E-state index is 12.1. The summed E-state index contributed by atoms with van der Waals surface area (Å²) in [6.07, 6.45) is -4.94. The van der Waals surface area contributed by atoms with Crippen molar-refractivity contribution in [2.24, 2.45) is 0 Å². The molecular formula is C10H21F3GeO3. The molecule has 0 heterocycles. The average molecular weight is 319 g/mol. The molecule has 0 aromatic carbocycles. The van der Waals surface area contributed by atoms with E-state index in [0.717, 1.165) is 0 Å². The molecule has 0 unspecified atom stereocenters. The molecule has 0 radical (unpaired) electrons. The van der Waals surface area contributed by atoms with Crippen molar-refractivity contribution in [1.29, 1.82) is 0 Å². The molecule has 0 amide bonds. The van der Waals surface area contributed by atoms with Crippen molar-refractivity contribution in [3.63, 3.8) is 0 Å². The summed E-state index contributed by atoms with van der Waals surface area (Å²) in [6.45, 7) is 6.61. The molecule has 104 valence electrons. The fourth-order valence-electron chi connectivity index (χ4n) is 1.51. The molecule has 0 rings (SSSR count). The van der Waals surface area contributed by atoms with Gasteiger partial charge in [-0.2, -0.15) is 0 Å². The summed E-state index contributed by atoms with van der Waals surface area (Å²) in [6, 6.07) is 0. The Balaban J connectivity index is 4.33. The molecule has 17 heavy (non-hydrogen) atoms. The van der Waals surface area contributed by atoms with Crippen molar-refractivity contribution < 1.29 is 24.5 Å². The summed E-state index contributed by atoms with van der Waals surface area (Å²) in [4.78, 5) is 0. The van der Waals surface area contributed by atoms with Crippen molar-refractivity contribution >= 4 is 14.3 Å². The molecule has 0 aromatic heterocycles. The second-order valence-electron chi connectivity index (χ2n) is 3.45. The van der Waals surface area contributed by atoms with Crippen molar-refractivity contribution in [2.75, 3.05) is 19.8 Å². The van der Waals surface area contributed by atoms with E-state index in [1.807, 2.05) is 0 Å². The number of hydrogen-bond acceptors (Lipinski definition) is 3.